The Morgan fingerprint density at radius 2 is 1.81 bits per heavy atom. The maximum Gasteiger partial charge on any atom is 0.262 e. The Hall–Kier alpha value is -3.03. The monoisotopic (exact) mass is 456 g/mol. The molecular weight excluding hydrogens is 436 g/mol. The first-order chi connectivity index (χ1) is 14.9. The third-order valence-electron chi connectivity index (χ3n) is 5.27. The van der Waals surface area contributed by atoms with Crippen LogP contribution in [0.1, 0.15) is 33.9 Å². The number of para-hydroxylation sites is 2. The van der Waals surface area contributed by atoms with Crippen molar-refractivity contribution in [3.63, 3.8) is 0 Å². The zero-order chi connectivity index (χ0) is 22.0. The van der Waals surface area contributed by atoms with Crippen LogP contribution in [-0.2, 0) is 16.4 Å². The van der Waals surface area contributed by atoms with E-state index >= 15 is 0 Å². The summed E-state index contributed by atoms with van der Waals surface area (Å²) in [5, 5.41) is 3.70. The van der Waals surface area contributed by atoms with E-state index in [0.29, 0.717) is 22.0 Å². The minimum absolute atomic E-state index is 0.0517. The van der Waals surface area contributed by atoms with E-state index in [2.05, 4.69) is 10.0 Å². The zero-order valence-corrected chi connectivity index (χ0v) is 18.3. The molecule has 2 N–H and O–H groups in total. The number of fused-ring (bicyclic) bond motifs is 1. The number of halogens is 1. The summed E-state index contributed by atoms with van der Waals surface area (Å²) >= 11 is 6.04. The highest BCUT2D eigenvalue weighted by atomic mass is 35.5. The molecule has 1 unspecified atom stereocenters. The SMILES string of the molecule is COc1ccccc1NS(=O)(=O)c1ccc(C(=O)NC2CCc3cc(Cl)ccc32)cc1. The number of hydrogen-bond donors (Lipinski definition) is 2. The molecule has 3 aromatic carbocycles. The van der Waals surface area contributed by atoms with Gasteiger partial charge in [0, 0.05) is 10.6 Å². The Morgan fingerprint density at radius 1 is 1.06 bits per heavy atom. The second-order valence-corrected chi connectivity index (χ2v) is 9.36. The van der Waals surface area contributed by atoms with Gasteiger partial charge in [-0.2, -0.15) is 0 Å². The lowest BCUT2D eigenvalue weighted by Crippen LogP contribution is -2.27. The minimum atomic E-state index is -3.83. The first-order valence-electron chi connectivity index (χ1n) is 9.72. The fourth-order valence-corrected chi connectivity index (χ4v) is 4.96. The number of benzene rings is 3. The quantitative estimate of drug-likeness (QED) is 0.569. The molecule has 0 radical (unpaired) electrons. The van der Waals surface area contributed by atoms with Crippen molar-refractivity contribution in [3.05, 3.63) is 88.4 Å². The average Bonchev–Trinajstić information content (AvgIpc) is 3.15. The van der Waals surface area contributed by atoms with Gasteiger partial charge in [0.15, 0.2) is 0 Å². The number of rotatable bonds is 6. The van der Waals surface area contributed by atoms with Crippen LogP contribution in [0.2, 0.25) is 5.02 Å². The van der Waals surface area contributed by atoms with Crippen LogP contribution in [-0.4, -0.2) is 21.4 Å². The number of carbonyl (C=O) groups is 1. The Balaban J connectivity index is 1.47. The van der Waals surface area contributed by atoms with Gasteiger partial charge in [-0.3, -0.25) is 9.52 Å². The summed E-state index contributed by atoms with van der Waals surface area (Å²) in [7, 11) is -2.36. The second-order valence-electron chi connectivity index (χ2n) is 7.24. The number of sulfonamides is 1. The van der Waals surface area contributed by atoms with E-state index in [4.69, 9.17) is 16.3 Å². The standard InChI is InChI=1S/C23H21ClN2O4S/c1-30-22-5-3-2-4-21(22)26-31(28,29)18-10-6-15(7-11-18)23(27)25-20-13-8-16-14-17(24)9-12-19(16)20/h2-7,9-12,14,20,26H,8,13H2,1H3,(H,25,27). The molecule has 0 bridgehead atoms. The van der Waals surface area contributed by atoms with Crippen molar-refractivity contribution in [1.29, 1.82) is 0 Å². The molecule has 0 fully saturated rings. The Bertz CT molecular complexity index is 1230. The lowest BCUT2D eigenvalue weighted by molar-refractivity contribution is 0.0936. The van der Waals surface area contributed by atoms with E-state index in [-0.39, 0.29) is 16.8 Å². The van der Waals surface area contributed by atoms with E-state index < -0.39 is 10.0 Å². The molecular formula is C23H21ClN2O4S. The van der Waals surface area contributed by atoms with Crippen LogP contribution in [0, 0.1) is 0 Å². The van der Waals surface area contributed by atoms with Gasteiger partial charge in [0.05, 0.1) is 23.7 Å². The molecule has 0 aromatic heterocycles. The van der Waals surface area contributed by atoms with Crippen molar-refractivity contribution in [2.75, 3.05) is 11.8 Å². The van der Waals surface area contributed by atoms with Crippen LogP contribution < -0.4 is 14.8 Å². The fraction of sp³-hybridized carbons (Fsp3) is 0.174. The number of amides is 1. The lowest BCUT2D eigenvalue weighted by Gasteiger charge is -2.15. The summed E-state index contributed by atoms with van der Waals surface area (Å²) in [6.07, 6.45) is 1.66. The van der Waals surface area contributed by atoms with Gasteiger partial charge >= 0.3 is 0 Å². The Labute approximate surface area is 186 Å². The van der Waals surface area contributed by atoms with Gasteiger partial charge in [-0.25, -0.2) is 8.42 Å². The van der Waals surface area contributed by atoms with Gasteiger partial charge in [-0.15, -0.1) is 0 Å². The van der Waals surface area contributed by atoms with E-state index in [0.717, 1.165) is 24.0 Å². The third kappa shape index (κ3) is 4.52. The minimum Gasteiger partial charge on any atom is -0.495 e. The van der Waals surface area contributed by atoms with Gasteiger partial charge in [0.25, 0.3) is 15.9 Å². The lowest BCUT2D eigenvalue weighted by atomic mass is 10.1. The molecule has 1 amide bonds. The van der Waals surface area contributed by atoms with Crippen molar-refractivity contribution in [1.82, 2.24) is 5.32 Å². The maximum absolute atomic E-state index is 12.7. The first-order valence-corrected chi connectivity index (χ1v) is 11.6. The summed E-state index contributed by atoms with van der Waals surface area (Å²) in [6, 6.07) is 18.2. The Kier molecular flexibility index (Phi) is 5.89. The highest BCUT2D eigenvalue weighted by molar-refractivity contribution is 7.92. The van der Waals surface area contributed by atoms with Crippen molar-refractivity contribution < 1.29 is 17.9 Å². The topological polar surface area (TPSA) is 84.5 Å². The molecule has 4 rings (SSSR count). The van der Waals surface area contributed by atoms with Gasteiger partial charge in [0.2, 0.25) is 0 Å². The maximum atomic E-state index is 12.7. The largest absolute Gasteiger partial charge is 0.495 e. The van der Waals surface area contributed by atoms with Crippen molar-refractivity contribution in [3.8, 4) is 5.75 Å². The summed E-state index contributed by atoms with van der Waals surface area (Å²) in [4.78, 5) is 12.7. The predicted molar refractivity (Wildman–Crippen MR) is 120 cm³/mol. The summed E-state index contributed by atoms with van der Waals surface area (Å²) < 4.78 is 33.1. The van der Waals surface area contributed by atoms with E-state index in [1.165, 1.54) is 31.4 Å². The van der Waals surface area contributed by atoms with Gasteiger partial charge in [-0.1, -0.05) is 29.8 Å². The number of ether oxygens (including phenoxy) is 1. The highest BCUT2D eigenvalue weighted by Gasteiger charge is 2.25. The first kappa shape index (κ1) is 21.2. The molecule has 8 heteroatoms. The molecule has 1 aliphatic rings. The van der Waals surface area contributed by atoms with Crippen LogP contribution in [0.3, 0.4) is 0 Å². The average molecular weight is 457 g/mol. The van der Waals surface area contributed by atoms with Crippen molar-refractivity contribution in [2.24, 2.45) is 0 Å². The number of hydrogen-bond acceptors (Lipinski definition) is 4. The molecule has 31 heavy (non-hydrogen) atoms. The molecule has 0 saturated carbocycles. The smallest absolute Gasteiger partial charge is 0.262 e. The van der Waals surface area contributed by atoms with Gasteiger partial charge in [0.1, 0.15) is 5.75 Å². The molecule has 1 aliphatic carbocycles. The molecule has 6 nitrogen and oxygen atoms in total. The summed E-state index contributed by atoms with van der Waals surface area (Å²) in [5.41, 5.74) is 2.94. The van der Waals surface area contributed by atoms with Crippen molar-refractivity contribution >= 4 is 33.2 Å². The zero-order valence-electron chi connectivity index (χ0n) is 16.8. The number of aryl methyl sites for hydroxylation is 1. The molecule has 1 atom stereocenters. The van der Waals surface area contributed by atoms with Crippen LogP contribution in [0.25, 0.3) is 0 Å². The van der Waals surface area contributed by atoms with E-state index in [1.54, 1.807) is 24.3 Å². The van der Waals surface area contributed by atoms with Crippen molar-refractivity contribution in [2.45, 2.75) is 23.8 Å². The molecule has 0 saturated heterocycles. The number of anilines is 1. The molecule has 0 spiro atoms. The fourth-order valence-electron chi connectivity index (χ4n) is 3.70. The molecule has 160 valence electrons. The normalized spacial score (nSPS) is 15.2. The molecule has 0 aliphatic heterocycles. The molecule has 3 aromatic rings. The number of nitrogens with one attached hydrogen (secondary N) is 2. The van der Waals surface area contributed by atoms with Crippen LogP contribution in [0.5, 0.6) is 5.75 Å². The second kappa shape index (κ2) is 8.61. The number of carbonyl (C=O) groups excluding carboxylic acids is 1. The van der Waals surface area contributed by atoms with Crippen LogP contribution >= 0.6 is 11.6 Å². The van der Waals surface area contributed by atoms with Crippen LogP contribution in [0.15, 0.2) is 71.6 Å². The van der Waals surface area contributed by atoms with E-state index in [9.17, 15) is 13.2 Å². The molecule has 0 heterocycles. The summed E-state index contributed by atoms with van der Waals surface area (Å²) in [5.74, 6) is 0.162. The summed E-state index contributed by atoms with van der Waals surface area (Å²) in [6.45, 7) is 0. The van der Waals surface area contributed by atoms with Gasteiger partial charge < -0.3 is 10.1 Å². The third-order valence-corrected chi connectivity index (χ3v) is 6.88. The Morgan fingerprint density at radius 3 is 2.55 bits per heavy atom. The predicted octanol–water partition coefficient (Wildman–Crippen LogP) is 4.57. The number of methoxy groups -OCH3 is 1. The van der Waals surface area contributed by atoms with Crippen LogP contribution in [0.4, 0.5) is 5.69 Å². The van der Waals surface area contributed by atoms with E-state index in [1.807, 2.05) is 18.2 Å². The highest BCUT2D eigenvalue weighted by Crippen LogP contribution is 2.33. The van der Waals surface area contributed by atoms with Gasteiger partial charge in [-0.05, 0) is 72.5 Å².